The van der Waals surface area contributed by atoms with Crippen molar-refractivity contribution in [1.82, 2.24) is 15.1 Å². The highest BCUT2D eigenvalue weighted by atomic mass is 15.3. The lowest BCUT2D eigenvalue weighted by Crippen LogP contribution is -2.48. The van der Waals surface area contributed by atoms with E-state index in [1.54, 1.807) is 0 Å². The second-order valence-electron chi connectivity index (χ2n) is 5.66. The van der Waals surface area contributed by atoms with Gasteiger partial charge in [0, 0.05) is 32.7 Å². The molecule has 1 unspecified atom stereocenters. The lowest BCUT2D eigenvalue weighted by atomic mass is 9.88. The highest BCUT2D eigenvalue weighted by Crippen LogP contribution is 2.24. The van der Waals surface area contributed by atoms with Gasteiger partial charge < -0.3 is 9.80 Å². The van der Waals surface area contributed by atoms with Crippen LogP contribution in [0.2, 0.25) is 0 Å². The quantitative estimate of drug-likeness (QED) is 0.863. The summed E-state index contributed by atoms with van der Waals surface area (Å²) in [4.78, 5) is 4.95. The second-order valence-corrected chi connectivity index (χ2v) is 5.66. The monoisotopic (exact) mass is 286 g/mol. The van der Waals surface area contributed by atoms with Gasteiger partial charge >= 0.3 is 0 Å². The molecule has 0 saturated carbocycles. The summed E-state index contributed by atoms with van der Waals surface area (Å²) in [6.07, 6.45) is 0.816. The molecule has 1 fully saturated rings. The number of piperazine rings is 1. The third kappa shape index (κ3) is 3.82. The van der Waals surface area contributed by atoms with E-state index in [-0.39, 0.29) is 0 Å². The van der Waals surface area contributed by atoms with Crippen molar-refractivity contribution >= 4 is 0 Å². The number of nitrogens with one attached hydrogen (secondary N) is 1. The highest BCUT2D eigenvalue weighted by molar-refractivity contribution is 5.31. The molecule has 0 bridgehead atoms. The Morgan fingerprint density at radius 3 is 2.29 bits per heavy atom. The molecule has 0 amide bonds. The lowest BCUT2D eigenvalue weighted by Gasteiger charge is -2.36. The predicted molar refractivity (Wildman–Crippen MR) is 86.0 cm³/mol. The van der Waals surface area contributed by atoms with E-state index in [2.05, 4.69) is 28.1 Å². The van der Waals surface area contributed by atoms with Crippen LogP contribution in [0, 0.1) is 11.3 Å². The number of likely N-dealkylation sites (N-methyl/N-ethyl adjacent to an activating group) is 1. The van der Waals surface area contributed by atoms with Crippen molar-refractivity contribution in [2.24, 2.45) is 0 Å². The summed E-state index contributed by atoms with van der Waals surface area (Å²) in [7, 11) is 1.88. The average Bonchev–Trinajstić information content (AvgIpc) is 2.58. The molecule has 1 N–H and O–H groups in total. The van der Waals surface area contributed by atoms with Crippen LogP contribution in [-0.2, 0) is 5.54 Å². The molecule has 1 saturated heterocycles. The van der Waals surface area contributed by atoms with Crippen LogP contribution >= 0.6 is 0 Å². The van der Waals surface area contributed by atoms with Crippen LogP contribution in [0.1, 0.15) is 18.9 Å². The first kappa shape index (κ1) is 16.0. The molecular formula is C17H26N4. The predicted octanol–water partition coefficient (Wildman–Crippen LogP) is 1.65. The summed E-state index contributed by atoms with van der Waals surface area (Å²) in [5.41, 5.74) is 0.477. The van der Waals surface area contributed by atoms with Gasteiger partial charge in [-0.15, -0.1) is 0 Å². The van der Waals surface area contributed by atoms with Gasteiger partial charge in [-0.05, 0) is 25.6 Å². The fourth-order valence-corrected chi connectivity index (χ4v) is 2.97. The molecular weight excluding hydrogens is 260 g/mol. The standard InChI is InChI=1S/C17H26N4/c1-3-20-11-13-21(14-12-20)10-9-17(15-18,19-2)16-7-5-4-6-8-16/h4-8,19H,3,9-14H2,1-2H3. The van der Waals surface area contributed by atoms with Gasteiger partial charge in [0.05, 0.1) is 6.07 Å². The van der Waals surface area contributed by atoms with Crippen LogP contribution in [0.4, 0.5) is 0 Å². The number of hydrogen-bond acceptors (Lipinski definition) is 4. The van der Waals surface area contributed by atoms with Crippen LogP contribution in [0.25, 0.3) is 0 Å². The maximum absolute atomic E-state index is 9.70. The third-order valence-electron chi connectivity index (χ3n) is 4.60. The minimum Gasteiger partial charge on any atom is -0.301 e. The van der Waals surface area contributed by atoms with Crippen molar-refractivity contribution in [2.45, 2.75) is 18.9 Å². The van der Waals surface area contributed by atoms with Gasteiger partial charge in [-0.3, -0.25) is 5.32 Å². The van der Waals surface area contributed by atoms with E-state index in [0.29, 0.717) is 0 Å². The normalized spacial score (nSPS) is 19.9. The molecule has 1 aromatic carbocycles. The Labute approximate surface area is 128 Å². The van der Waals surface area contributed by atoms with Crippen molar-refractivity contribution in [3.8, 4) is 6.07 Å². The first-order chi connectivity index (χ1) is 10.2. The first-order valence-corrected chi connectivity index (χ1v) is 7.84. The fourth-order valence-electron chi connectivity index (χ4n) is 2.97. The van der Waals surface area contributed by atoms with Crippen LogP contribution in [-0.4, -0.2) is 56.1 Å². The summed E-state index contributed by atoms with van der Waals surface area (Å²) in [6, 6.07) is 12.6. The molecule has 1 aliphatic heterocycles. The highest BCUT2D eigenvalue weighted by Gasteiger charge is 2.31. The topological polar surface area (TPSA) is 42.3 Å². The Hall–Kier alpha value is -1.41. The van der Waals surface area contributed by atoms with Gasteiger partial charge in [0.15, 0.2) is 0 Å². The molecule has 2 rings (SSSR count). The average molecular weight is 286 g/mol. The molecule has 1 aromatic rings. The van der Waals surface area contributed by atoms with Crippen molar-refractivity contribution < 1.29 is 0 Å². The second kappa shape index (κ2) is 7.56. The zero-order valence-corrected chi connectivity index (χ0v) is 13.2. The van der Waals surface area contributed by atoms with Crippen LogP contribution in [0.5, 0.6) is 0 Å². The Morgan fingerprint density at radius 1 is 1.14 bits per heavy atom. The molecule has 0 spiro atoms. The van der Waals surface area contributed by atoms with Crippen molar-refractivity contribution in [2.75, 3.05) is 46.3 Å². The molecule has 1 aliphatic rings. The largest absolute Gasteiger partial charge is 0.301 e. The van der Waals surface area contributed by atoms with E-state index >= 15 is 0 Å². The van der Waals surface area contributed by atoms with Crippen molar-refractivity contribution in [1.29, 1.82) is 5.26 Å². The molecule has 1 atom stereocenters. The summed E-state index contributed by atoms with van der Waals surface area (Å²) < 4.78 is 0. The maximum atomic E-state index is 9.70. The zero-order chi connectivity index (χ0) is 15.1. The van der Waals surface area contributed by atoms with Gasteiger partial charge in [0.2, 0.25) is 0 Å². The Kier molecular flexibility index (Phi) is 5.75. The summed E-state index contributed by atoms with van der Waals surface area (Å²) in [6.45, 7) is 8.80. The Balaban J connectivity index is 1.97. The molecule has 0 aromatic heterocycles. The Bertz CT molecular complexity index is 459. The van der Waals surface area contributed by atoms with Gasteiger partial charge in [-0.2, -0.15) is 5.26 Å². The van der Waals surface area contributed by atoms with Gasteiger partial charge in [-0.1, -0.05) is 37.3 Å². The minimum atomic E-state index is -0.580. The third-order valence-corrected chi connectivity index (χ3v) is 4.60. The van der Waals surface area contributed by atoms with Gasteiger partial charge in [-0.25, -0.2) is 0 Å². The number of benzene rings is 1. The molecule has 1 heterocycles. The molecule has 4 heteroatoms. The van der Waals surface area contributed by atoms with Gasteiger partial charge in [0.25, 0.3) is 0 Å². The number of nitrogens with zero attached hydrogens (tertiary/aromatic N) is 3. The molecule has 0 radical (unpaired) electrons. The summed E-state index contributed by atoms with van der Waals surface area (Å²) in [5.74, 6) is 0. The molecule has 4 nitrogen and oxygen atoms in total. The fraction of sp³-hybridized carbons (Fsp3) is 0.588. The first-order valence-electron chi connectivity index (χ1n) is 7.84. The summed E-state index contributed by atoms with van der Waals surface area (Å²) >= 11 is 0. The number of rotatable bonds is 6. The molecule has 0 aliphatic carbocycles. The van der Waals surface area contributed by atoms with Crippen LogP contribution < -0.4 is 5.32 Å². The lowest BCUT2D eigenvalue weighted by molar-refractivity contribution is 0.129. The minimum absolute atomic E-state index is 0.580. The molecule has 114 valence electrons. The van der Waals surface area contributed by atoms with E-state index in [0.717, 1.165) is 51.3 Å². The van der Waals surface area contributed by atoms with Crippen LogP contribution in [0.3, 0.4) is 0 Å². The van der Waals surface area contributed by atoms with Crippen molar-refractivity contribution in [3.63, 3.8) is 0 Å². The molecule has 21 heavy (non-hydrogen) atoms. The Morgan fingerprint density at radius 2 is 1.76 bits per heavy atom. The smallest absolute Gasteiger partial charge is 0.133 e. The SMILES string of the molecule is CCN1CCN(CCC(C#N)(NC)c2ccccc2)CC1. The van der Waals surface area contributed by atoms with Gasteiger partial charge in [0.1, 0.15) is 5.54 Å². The van der Waals surface area contributed by atoms with E-state index < -0.39 is 5.54 Å². The van der Waals surface area contributed by atoms with E-state index in [9.17, 15) is 5.26 Å². The van der Waals surface area contributed by atoms with E-state index in [1.807, 2.05) is 37.4 Å². The number of nitriles is 1. The van der Waals surface area contributed by atoms with E-state index in [4.69, 9.17) is 0 Å². The van der Waals surface area contributed by atoms with E-state index in [1.165, 1.54) is 0 Å². The maximum Gasteiger partial charge on any atom is 0.133 e. The summed E-state index contributed by atoms with van der Waals surface area (Å²) in [5, 5.41) is 12.9. The van der Waals surface area contributed by atoms with Crippen molar-refractivity contribution in [3.05, 3.63) is 35.9 Å². The number of hydrogen-bond donors (Lipinski definition) is 1. The zero-order valence-electron chi connectivity index (χ0n) is 13.2. The van der Waals surface area contributed by atoms with Crippen LogP contribution in [0.15, 0.2) is 30.3 Å².